The summed E-state index contributed by atoms with van der Waals surface area (Å²) in [6.07, 6.45) is 12.9. The fourth-order valence-electron chi connectivity index (χ4n) is 2.70. The van der Waals surface area contributed by atoms with Gasteiger partial charge in [0.15, 0.2) is 12.2 Å². The number of unbranched alkanes of at least 4 members (excludes halogenated alkanes) is 6. The van der Waals surface area contributed by atoms with Crippen LogP contribution in [-0.4, -0.2) is 36.5 Å². The van der Waals surface area contributed by atoms with Crippen molar-refractivity contribution in [1.82, 2.24) is 10.2 Å². The van der Waals surface area contributed by atoms with Crippen LogP contribution in [0.5, 0.6) is 0 Å². The highest BCUT2D eigenvalue weighted by Crippen LogP contribution is 2.15. The third kappa shape index (κ3) is 14.4. The Morgan fingerprint density at radius 2 is 1.74 bits per heavy atom. The lowest BCUT2D eigenvalue weighted by atomic mass is 9.98. The van der Waals surface area contributed by atoms with Gasteiger partial charge in [0.25, 0.3) is 0 Å². The number of hydrogen-bond acceptors (Lipinski definition) is 4. The molecule has 0 aliphatic rings. The van der Waals surface area contributed by atoms with E-state index < -0.39 is 0 Å². The summed E-state index contributed by atoms with van der Waals surface area (Å²) in [5.74, 6) is 0.119. The third-order valence-electron chi connectivity index (χ3n) is 4.37. The number of rotatable bonds is 15. The van der Waals surface area contributed by atoms with Crippen LogP contribution in [0.15, 0.2) is 4.99 Å². The first-order valence-corrected chi connectivity index (χ1v) is 9.99. The Hall–Kier alpha value is -2.48. The fraction of sp³-hybridized carbons (Fsp3) is 0.789. The van der Waals surface area contributed by atoms with Crippen molar-refractivity contribution in [3.8, 4) is 12.3 Å². The number of nitrogens with one attached hydrogen (secondary N) is 2. The van der Waals surface area contributed by atoms with Crippen LogP contribution in [-0.2, 0) is 0 Å². The average molecular weight is 377 g/mol. The van der Waals surface area contributed by atoms with Gasteiger partial charge in [-0.25, -0.2) is 4.90 Å². The van der Waals surface area contributed by atoms with E-state index in [4.69, 9.17) is 22.1 Å². The van der Waals surface area contributed by atoms with Crippen LogP contribution in [0.2, 0.25) is 0 Å². The maximum absolute atomic E-state index is 9.25. The van der Waals surface area contributed by atoms with Crippen molar-refractivity contribution in [2.45, 2.75) is 71.1 Å². The van der Waals surface area contributed by atoms with Gasteiger partial charge in [0.05, 0.1) is 6.07 Å². The van der Waals surface area contributed by atoms with Crippen LogP contribution in [0.25, 0.3) is 0 Å². The van der Waals surface area contributed by atoms with E-state index in [2.05, 4.69) is 23.3 Å². The topological polar surface area (TPSA) is 151 Å². The van der Waals surface area contributed by atoms with Gasteiger partial charge < -0.3 is 16.8 Å². The van der Waals surface area contributed by atoms with Gasteiger partial charge in [-0.15, -0.1) is 0 Å². The minimum atomic E-state index is -0.261. The molecule has 8 heteroatoms. The highest BCUT2D eigenvalue weighted by molar-refractivity contribution is 5.77. The Balaban J connectivity index is 3.81. The van der Waals surface area contributed by atoms with E-state index in [1.807, 2.05) is 6.19 Å². The second kappa shape index (κ2) is 17.0. The van der Waals surface area contributed by atoms with E-state index in [1.54, 1.807) is 0 Å². The van der Waals surface area contributed by atoms with Crippen molar-refractivity contribution in [3.05, 3.63) is 0 Å². The van der Waals surface area contributed by atoms with Gasteiger partial charge >= 0.3 is 0 Å². The molecule has 0 bridgehead atoms. The molecule has 0 radical (unpaired) electrons. The summed E-state index contributed by atoms with van der Waals surface area (Å²) >= 11 is 0. The van der Waals surface area contributed by atoms with E-state index in [1.165, 1.54) is 38.5 Å². The number of nitrogens with two attached hydrogens (primary N) is 2. The number of aliphatic imine (C=N–C) groups is 1. The predicted octanol–water partition coefficient (Wildman–Crippen LogP) is 2.63. The zero-order valence-electron chi connectivity index (χ0n) is 16.7. The van der Waals surface area contributed by atoms with E-state index in [0.717, 1.165) is 24.2 Å². The molecule has 8 nitrogen and oxygen atoms in total. The van der Waals surface area contributed by atoms with E-state index >= 15 is 0 Å². The zero-order valence-corrected chi connectivity index (χ0v) is 16.7. The molecule has 0 aliphatic heterocycles. The number of nitrogens with zero attached hydrogens (tertiary/aromatic N) is 4. The van der Waals surface area contributed by atoms with Crippen LogP contribution in [0.4, 0.5) is 0 Å². The molecule has 0 aromatic rings. The highest BCUT2D eigenvalue weighted by Gasteiger charge is 2.07. The Labute approximate surface area is 164 Å². The second-order valence-corrected chi connectivity index (χ2v) is 6.71. The van der Waals surface area contributed by atoms with Crippen LogP contribution in [0, 0.1) is 34.1 Å². The van der Waals surface area contributed by atoms with Crippen LogP contribution >= 0.6 is 0 Å². The Morgan fingerprint density at radius 3 is 2.33 bits per heavy atom. The molecule has 0 spiro atoms. The first-order chi connectivity index (χ1) is 13.0. The lowest BCUT2D eigenvalue weighted by molar-refractivity contribution is 0.503. The van der Waals surface area contributed by atoms with Crippen LogP contribution in [0.1, 0.15) is 71.1 Å². The van der Waals surface area contributed by atoms with Crippen molar-refractivity contribution in [1.29, 1.82) is 15.9 Å². The van der Waals surface area contributed by atoms with Crippen molar-refractivity contribution in [2.75, 3.05) is 19.6 Å². The molecule has 152 valence electrons. The molecule has 6 N–H and O–H groups in total. The Morgan fingerprint density at radius 1 is 1.07 bits per heavy atom. The molecule has 0 fully saturated rings. The summed E-state index contributed by atoms with van der Waals surface area (Å²) in [7, 11) is 0. The predicted molar refractivity (Wildman–Crippen MR) is 110 cm³/mol. The standard InChI is InChI=1S/C19H36N8/c1-2-3-4-5-6-7-8-10-17(15-20)11-13-26-19(24)25-12-9-14-27(16-21)18(22)23/h17H,2-14H2,1H3,(H3,22,23)(H3,24,25,26). The second-order valence-electron chi connectivity index (χ2n) is 6.71. The summed E-state index contributed by atoms with van der Waals surface area (Å²) in [4.78, 5) is 5.36. The molecule has 0 aromatic carbocycles. The minimum Gasteiger partial charge on any atom is -0.370 e. The summed E-state index contributed by atoms with van der Waals surface area (Å²) in [6, 6.07) is 2.37. The fourth-order valence-corrected chi connectivity index (χ4v) is 2.70. The molecule has 0 heterocycles. The van der Waals surface area contributed by atoms with Gasteiger partial charge in [0, 0.05) is 25.6 Å². The average Bonchev–Trinajstić information content (AvgIpc) is 2.65. The molecular weight excluding hydrogens is 340 g/mol. The molecule has 0 aromatic heterocycles. The maximum atomic E-state index is 9.25. The summed E-state index contributed by atoms with van der Waals surface area (Å²) in [5, 5.41) is 28.2. The van der Waals surface area contributed by atoms with Gasteiger partial charge in [-0.3, -0.25) is 10.4 Å². The van der Waals surface area contributed by atoms with E-state index in [9.17, 15) is 5.26 Å². The largest absolute Gasteiger partial charge is 0.370 e. The summed E-state index contributed by atoms with van der Waals surface area (Å²) in [6.45, 7) is 3.66. The summed E-state index contributed by atoms with van der Waals surface area (Å²) < 4.78 is 0. The van der Waals surface area contributed by atoms with Crippen molar-refractivity contribution >= 4 is 11.9 Å². The van der Waals surface area contributed by atoms with Crippen LogP contribution < -0.4 is 16.8 Å². The van der Waals surface area contributed by atoms with Gasteiger partial charge in [-0.1, -0.05) is 51.9 Å². The van der Waals surface area contributed by atoms with Gasteiger partial charge in [0.2, 0.25) is 5.96 Å². The number of guanidine groups is 2. The molecule has 1 atom stereocenters. The molecule has 0 amide bonds. The zero-order chi connectivity index (χ0) is 20.3. The SMILES string of the molecule is CCCCCCCCCC(C#N)CCN=C(N)NCCCN(C#N)C(=N)N. The van der Waals surface area contributed by atoms with Crippen LogP contribution in [0.3, 0.4) is 0 Å². The lowest BCUT2D eigenvalue weighted by Gasteiger charge is -2.13. The molecule has 0 saturated carbocycles. The van der Waals surface area contributed by atoms with Crippen molar-refractivity contribution in [3.63, 3.8) is 0 Å². The maximum Gasteiger partial charge on any atom is 0.201 e. The quantitative estimate of drug-likeness (QED) is 0.113. The Kier molecular flexibility index (Phi) is 15.4. The molecular formula is C19H36N8. The Bertz CT molecular complexity index is 503. The first kappa shape index (κ1) is 24.5. The molecule has 27 heavy (non-hydrogen) atoms. The normalized spacial score (nSPS) is 12.0. The minimum absolute atomic E-state index is 0.0388. The number of hydrogen-bond donors (Lipinski definition) is 4. The van der Waals surface area contributed by atoms with E-state index in [-0.39, 0.29) is 11.9 Å². The summed E-state index contributed by atoms with van der Waals surface area (Å²) in [5.41, 5.74) is 11.1. The van der Waals surface area contributed by atoms with Crippen molar-refractivity contribution < 1.29 is 0 Å². The first-order valence-electron chi connectivity index (χ1n) is 9.99. The van der Waals surface area contributed by atoms with Gasteiger partial charge in [-0.05, 0) is 19.3 Å². The molecule has 0 aliphatic carbocycles. The van der Waals surface area contributed by atoms with E-state index in [0.29, 0.717) is 32.0 Å². The number of nitriles is 2. The lowest BCUT2D eigenvalue weighted by Crippen LogP contribution is -2.37. The smallest absolute Gasteiger partial charge is 0.201 e. The highest BCUT2D eigenvalue weighted by atomic mass is 15.2. The molecule has 0 saturated heterocycles. The third-order valence-corrected chi connectivity index (χ3v) is 4.37. The monoisotopic (exact) mass is 376 g/mol. The van der Waals surface area contributed by atoms with Gasteiger partial charge in [0.1, 0.15) is 0 Å². The van der Waals surface area contributed by atoms with Gasteiger partial charge in [-0.2, -0.15) is 10.5 Å². The molecule has 1 unspecified atom stereocenters. The molecule has 0 rings (SSSR count). The van der Waals surface area contributed by atoms with Crippen molar-refractivity contribution in [2.24, 2.45) is 22.4 Å².